The van der Waals surface area contributed by atoms with E-state index in [9.17, 15) is 9.18 Å². The number of para-hydroxylation sites is 1. The highest BCUT2D eigenvalue weighted by Gasteiger charge is 2.71. The molecule has 1 aromatic heterocycles. The number of aliphatic carboxylic acids is 1. The van der Waals surface area contributed by atoms with Crippen LogP contribution in [0.4, 0.5) is 4.39 Å². The van der Waals surface area contributed by atoms with Crippen LogP contribution in [-0.4, -0.2) is 39.2 Å². The predicted molar refractivity (Wildman–Crippen MR) is 109 cm³/mol. The molecule has 5 heteroatoms. The molecule has 2 aromatic rings. The third-order valence-electron chi connectivity index (χ3n) is 8.05. The highest BCUT2D eigenvalue weighted by atomic mass is 19.1. The minimum Gasteiger partial charge on any atom is -0.478 e. The van der Waals surface area contributed by atoms with Gasteiger partial charge in [-0.15, -0.1) is 0 Å². The van der Waals surface area contributed by atoms with Crippen LogP contribution in [0.25, 0.3) is 10.9 Å². The Morgan fingerprint density at radius 1 is 1.31 bits per heavy atom. The molecule has 4 saturated carbocycles. The van der Waals surface area contributed by atoms with Crippen molar-refractivity contribution in [3.8, 4) is 0 Å². The zero-order chi connectivity index (χ0) is 20.0. The summed E-state index contributed by atoms with van der Waals surface area (Å²) < 4.78 is 14.9. The fourth-order valence-electron chi connectivity index (χ4n) is 6.70. The number of fused-ring (bicyclic) bond motifs is 3. The molecular weight excluding hydrogens is 367 g/mol. The van der Waals surface area contributed by atoms with Gasteiger partial charge in [0.15, 0.2) is 0 Å². The van der Waals surface area contributed by atoms with Crippen LogP contribution in [0, 0.1) is 10.8 Å². The van der Waals surface area contributed by atoms with Crippen LogP contribution in [-0.2, 0) is 11.2 Å². The molecule has 2 unspecified atom stereocenters. The molecule has 7 rings (SSSR count). The largest absolute Gasteiger partial charge is 0.478 e. The molecule has 2 N–H and O–H groups in total. The van der Waals surface area contributed by atoms with E-state index in [1.165, 1.54) is 28.2 Å². The normalized spacial score (nSPS) is 37.2. The van der Waals surface area contributed by atoms with Gasteiger partial charge in [-0.05, 0) is 67.9 Å². The molecule has 0 spiro atoms. The molecule has 2 bridgehead atoms. The Morgan fingerprint density at radius 2 is 2.03 bits per heavy atom. The molecule has 2 atom stereocenters. The zero-order valence-corrected chi connectivity index (χ0v) is 16.7. The van der Waals surface area contributed by atoms with E-state index in [4.69, 9.17) is 5.11 Å². The van der Waals surface area contributed by atoms with Crippen molar-refractivity contribution in [3.05, 3.63) is 47.7 Å². The lowest BCUT2D eigenvalue weighted by Gasteiger charge is -2.74. The molecule has 0 amide bonds. The summed E-state index contributed by atoms with van der Waals surface area (Å²) in [5, 5.41) is 10.3. The van der Waals surface area contributed by atoms with Crippen LogP contribution in [0.15, 0.2) is 36.4 Å². The Balaban J connectivity index is 1.40. The molecule has 0 saturated heterocycles. The first-order valence-corrected chi connectivity index (χ1v) is 10.8. The summed E-state index contributed by atoms with van der Waals surface area (Å²) >= 11 is 0. The number of hydrogen-bond donors (Lipinski definition) is 2. The lowest BCUT2D eigenvalue weighted by atomic mass is 9.32. The van der Waals surface area contributed by atoms with Crippen molar-refractivity contribution in [1.29, 1.82) is 0 Å². The minimum absolute atomic E-state index is 0.0455. The van der Waals surface area contributed by atoms with Gasteiger partial charge in [-0.1, -0.05) is 24.3 Å². The first-order valence-electron chi connectivity index (χ1n) is 10.8. The number of aromatic nitrogens is 1. The Labute approximate surface area is 169 Å². The number of alkyl halides is 1. The summed E-state index contributed by atoms with van der Waals surface area (Å²) in [6.07, 6.45) is 8.54. The van der Waals surface area contributed by atoms with Crippen LogP contribution in [0.1, 0.15) is 56.3 Å². The van der Waals surface area contributed by atoms with Gasteiger partial charge in [0, 0.05) is 35.3 Å². The number of carboxylic acids is 1. The van der Waals surface area contributed by atoms with Crippen molar-refractivity contribution in [2.45, 2.75) is 63.2 Å². The van der Waals surface area contributed by atoms with Gasteiger partial charge in [0.1, 0.15) is 5.67 Å². The van der Waals surface area contributed by atoms with E-state index in [1.54, 1.807) is 0 Å². The Hall–Kier alpha value is -2.14. The summed E-state index contributed by atoms with van der Waals surface area (Å²) in [6.45, 7) is 2.77. The van der Waals surface area contributed by atoms with Gasteiger partial charge >= 0.3 is 5.97 Å². The maximum atomic E-state index is 14.9. The maximum absolute atomic E-state index is 14.9. The van der Waals surface area contributed by atoms with Gasteiger partial charge < -0.3 is 10.1 Å². The Bertz CT molecular complexity index is 1030. The van der Waals surface area contributed by atoms with Gasteiger partial charge in [-0.25, -0.2) is 9.18 Å². The number of halogens is 1. The van der Waals surface area contributed by atoms with E-state index in [-0.39, 0.29) is 16.9 Å². The first-order chi connectivity index (χ1) is 13.8. The number of carbonyl (C=O) groups is 1. The van der Waals surface area contributed by atoms with Crippen LogP contribution in [0.3, 0.4) is 0 Å². The summed E-state index contributed by atoms with van der Waals surface area (Å²) in [5.41, 5.74) is 3.02. The smallest absolute Gasteiger partial charge is 0.327 e. The number of allylic oxidation sites excluding steroid dienone is 1. The van der Waals surface area contributed by atoms with Crippen molar-refractivity contribution >= 4 is 16.9 Å². The molecule has 5 aliphatic rings. The number of aromatic amines is 1. The average Bonchev–Trinajstić information content (AvgIpc) is 3.23. The third-order valence-corrected chi connectivity index (χ3v) is 8.05. The number of benzene rings is 1. The number of nitrogens with zero attached hydrogens (tertiary/aromatic N) is 1. The molecule has 1 aliphatic heterocycles. The SMILES string of the molecule is CC1Cc2c([nH]c3ccccc23)C(C23CC(/C=C/C(=O)O)(C2)C3)N1CC1(F)CC1. The molecule has 1 aromatic carbocycles. The van der Waals surface area contributed by atoms with Crippen LogP contribution < -0.4 is 0 Å². The van der Waals surface area contributed by atoms with Gasteiger partial charge in [0.05, 0.1) is 6.04 Å². The highest BCUT2D eigenvalue weighted by molar-refractivity contribution is 5.85. The number of carboxylic acid groups (broad SMARTS) is 1. The summed E-state index contributed by atoms with van der Waals surface area (Å²) in [4.78, 5) is 17.1. The fraction of sp³-hybridized carbons (Fsp3) is 0.542. The standard InChI is InChI=1S/C24H27FN2O2/c1-15-10-17-16-4-2-3-5-18(16)26-20(17)21(27(15)14-24(25)8-9-24)23-11-22(12-23,13-23)7-6-19(28)29/h2-7,15,21,26H,8-14H2,1H3,(H,28,29)/b7-6+. The molecule has 152 valence electrons. The second-order valence-corrected chi connectivity index (χ2v) is 10.3. The second kappa shape index (κ2) is 5.51. The number of hydrogen-bond acceptors (Lipinski definition) is 2. The maximum Gasteiger partial charge on any atom is 0.327 e. The second-order valence-electron chi connectivity index (χ2n) is 10.3. The molecule has 4 fully saturated rings. The van der Waals surface area contributed by atoms with Crippen molar-refractivity contribution in [2.24, 2.45) is 10.8 Å². The monoisotopic (exact) mass is 394 g/mol. The summed E-state index contributed by atoms with van der Waals surface area (Å²) in [6, 6.07) is 8.99. The molecule has 29 heavy (non-hydrogen) atoms. The molecule has 2 heterocycles. The minimum atomic E-state index is -1.01. The zero-order valence-electron chi connectivity index (χ0n) is 16.7. The van der Waals surface area contributed by atoms with Gasteiger partial charge in [-0.3, -0.25) is 4.90 Å². The van der Waals surface area contributed by atoms with Gasteiger partial charge in [0.2, 0.25) is 0 Å². The van der Waals surface area contributed by atoms with E-state index in [0.29, 0.717) is 25.4 Å². The Kier molecular flexibility index (Phi) is 3.36. The molecule has 4 aliphatic carbocycles. The number of H-pyrrole nitrogens is 1. The quantitative estimate of drug-likeness (QED) is 0.719. The van der Waals surface area contributed by atoms with Crippen molar-refractivity contribution < 1.29 is 14.3 Å². The lowest BCUT2D eigenvalue weighted by molar-refractivity contribution is -0.223. The van der Waals surface area contributed by atoms with Gasteiger partial charge in [-0.2, -0.15) is 0 Å². The van der Waals surface area contributed by atoms with Crippen LogP contribution in [0.5, 0.6) is 0 Å². The van der Waals surface area contributed by atoms with Crippen LogP contribution >= 0.6 is 0 Å². The van der Waals surface area contributed by atoms with E-state index in [1.807, 2.05) is 6.08 Å². The van der Waals surface area contributed by atoms with E-state index in [2.05, 4.69) is 41.1 Å². The number of rotatable bonds is 5. The fourth-order valence-corrected chi connectivity index (χ4v) is 6.70. The van der Waals surface area contributed by atoms with Crippen LogP contribution in [0.2, 0.25) is 0 Å². The summed E-state index contributed by atoms with van der Waals surface area (Å²) in [5.74, 6) is -0.873. The third kappa shape index (κ3) is 2.49. The van der Waals surface area contributed by atoms with Gasteiger partial charge in [0.25, 0.3) is 0 Å². The van der Waals surface area contributed by atoms with E-state index in [0.717, 1.165) is 25.7 Å². The predicted octanol–water partition coefficient (Wildman–Crippen LogP) is 4.77. The van der Waals surface area contributed by atoms with Crippen molar-refractivity contribution in [1.82, 2.24) is 9.88 Å². The topological polar surface area (TPSA) is 56.3 Å². The van der Waals surface area contributed by atoms with Crippen molar-refractivity contribution in [2.75, 3.05) is 6.54 Å². The highest BCUT2D eigenvalue weighted by Crippen LogP contribution is 2.79. The summed E-state index contributed by atoms with van der Waals surface area (Å²) in [7, 11) is 0. The number of nitrogens with one attached hydrogen (secondary N) is 1. The van der Waals surface area contributed by atoms with E-state index >= 15 is 0 Å². The van der Waals surface area contributed by atoms with E-state index < -0.39 is 11.6 Å². The molecular formula is C24H27FN2O2. The molecule has 4 nitrogen and oxygen atoms in total. The Morgan fingerprint density at radius 3 is 2.72 bits per heavy atom. The molecule has 0 radical (unpaired) electrons. The lowest BCUT2D eigenvalue weighted by Crippen LogP contribution is -2.67. The van der Waals surface area contributed by atoms with Crippen molar-refractivity contribution in [3.63, 3.8) is 0 Å². The average molecular weight is 394 g/mol. The first kappa shape index (κ1) is 17.7.